The molecule has 2 aromatic heterocycles. The zero-order valence-electron chi connectivity index (χ0n) is 10.7. The Morgan fingerprint density at radius 2 is 1.80 bits per heavy atom. The number of nitrogens with zero attached hydrogens (tertiary/aromatic N) is 3. The van der Waals surface area contributed by atoms with Gasteiger partial charge in [0.1, 0.15) is 0 Å². The molecule has 1 unspecified atom stereocenters. The van der Waals surface area contributed by atoms with Gasteiger partial charge in [0.25, 0.3) is 0 Å². The Hall–Kier alpha value is -2.11. The molecular weight excluding hydrogens is 270 g/mol. The highest BCUT2D eigenvalue weighted by Crippen LogP contribution is 2.23. The lowest BCUT2D eigenvalue weighted by molar-refractivity contribution is 0.177. The van der Waals surface area contributed by atoms with Gasteiger partial charge in [-0.05, 0) is 11.6 Å². The first-order chi connectivity index (χ1) is 9.83. The van der Waals surface area contributed by atoms with E-state index in [9.17, 15) is 5.11 Å². The smallest absolute Gasteiger partial charge is 0.188 e. The van der Waals surface area contributed by atoms with E-state index in [0.717, 1.165) is 16.3 Å². The summed E-state index contributed by atoms with van der Waals surface area (Å²) in [6.07, 6.45) is 3.35. The lowest BCUT2D eigenvalue weighted by Gasteiger charge is -2.08. The van der Waals surface area contributed by atoms with E-state index in [0.29, 0.717) is 12.2 Å². The van der Waals surface area contributed by atoms with Crippen LogP contribution in [0.5, 0.6) is 0 Å². The predicted molar refractivity (Wildman–Crippen MR) is 78.2 cm³/mol. The Morgan fingerprint density at radius 3 is 2.55 bits per heavy atom. The minimum atomic E-state index is -0.539. The molecule has 3 aromatic rings. The summed E-state index contributed by atoms with van der Waals surface area (Å²) in [4.78, 5) is 12.8. The molecule has 4 nitrogen and oxygen atoms in total. The van der Waals surface area contributed by atoms with Crippen molar-refractivity contribution < 1.29 is 5.11 Å². The second-order valence-corrected chi connectivity index (χ2v) is 5.21. The summed E-state index contributed by atoms with van der Waals surface area (Å²) in [5, 5.41) is 12.9. The van der Waals surface area contributed by atoms with E-state index in [-0.39, 0.29) is 0 Å². The van der Waals surface area contributed by atoms with E-state index in [1.165, 1.54) is 11.3 Å². The van der Waals surface area contributed by atoms with Crippen LogP contribution in [0.4, 0.5) is 0 Å². The summed E-state index contributed by atoms with van der Waals surface area (Å²) < 4.78 is 0. The summed E-state index contributed by atoms with van der Waals surface area (Å²) >= 11 is 1.49. The van der Waals surface area contributed by atoms with Gasteiger partial charge in [-0.3, -0.25) is 0 Å². The summed E-state index contributed by atoms with van der Waals surface area (Å²) in [6.45, 7) is 0. The maximum atomic E-state index is 10.2. The van der Waals surface area contributed by atoms with Gasteiger partial charge in [-0.25, -0.2) is 15.0 Å². The van der Waals surface area contributed by atoms with Crippen LogP contribution < -0.4 is 0 Å². The molecule has 0 aliphatic rings. The molecule has 0 radical (unpaired) electrons. The van der Waals surface area contributed by atoms with Crippen molar-refractivity contribution in [3.8, 4) is 10.8 Å². The summed E-state index contributed by atoms with van der Waals surface area (Å²) in [5.41, 5.74) is 1.76. The Labute approximate surface area is 120 Å². The molecule has 2 heterocycles. The molecule has 0 bridgehead atoms. The summed E-state index contributed by atoms with van der Waals surface area (Å²) in [5.74, 6) is 0.623. The van der Waals surface area contributed by atoms with E-state index in [1.54, 1.807) is 18.5 Å². The Kier molecular flexibility index (Phi) is 3.80. The van der Waals surface area contributed by atoms with Gasteiger partial charge in [0, 0.05) is 24.2 Å². The molecular formula is C15H13N3OS. The fourth-order valence-electron chi connectivity index (χ4n) is 1.90. The average Bonchev–Trinajstić information content (AvgIpc) is 2.97. The highest BCUT2D eigenvalue weighted by atomic mass is 32.1. The molecule has 0 aliphatic carbocycles. The normalized spacial score (nSPS) is 12.2. The highest BCUT2D eigenvalue weighted by molar-refractivity contribution is 7.13. The zero-order chi connectivity index (χ0) is 13.8. The number of aliphatic hydroxyl groups is 1. The molecule has 0 amide bonds. The van der Waals surface area contributed by atoms with Crippen LogP contribution >= 0.6 is 11.3 Å². The number of benzene rings is 1. The molecule has 5 heteroatoms. The number of hydrogen-bond acceptors (Lipinski definition) is 5. The highest BCUT2D eigenvalue weighted by Gasteiger charge is 2.12. The van der Waals surface area contributed by atoms with Gasteiger partial charge in [0.15, 0.2) is 10.8 Å². The van der Waals surface area contributed by atoms with E-state index in [2.05, 4.69) is 15.0 Å². The number of aliphatic hydroxyl groups excluding tert-OH is 1. The van der Waals surface area contributed by atoms with Crippen molar-refractivity contribution in [1.29, 1.82) is 0 Å². The van der Waals surface area contributed by atoms with Gasteiger partial charge in [0.2, 0.25) is 0 Å². The molecule has 1 aromatic carbocycles. The SMILES string of the molecule is OC(Cc1csc(-c2ncccn2)n1)c1ccccc1. The molecule has 0 saturated carbocycles. The van der Waals surface area contributed by atoms with Crippen molar-refractivity contribution in [2.24, 2.45) is 0 Å². The molecule has 1 N–H and O–H groups in total. The number of aromatic nitrogens is 3. The lowest BCUT2D eigenvalue weighted by Crippen LogP contribution is -2.01. The van der Waals surface area contributed by atoms with Gasteiger partial charge < -0.3 is 5.11 Å². The van der Waals surface area contributed by atoms with Gasteiger partial charge in [-0.15, -0.1) is 11.3 Å². The molecule has 0 saturated heterocycles. The van der Waals surface area contributed by atoms with Crippen LogP contribution in [0.3, 0.4) is 0 Å². The van der Waals surface area contributed by atoms with E-state index < -0.39 is 6.10 Å². The lowest BCUT2D eigenvalue weighted by atomic mass is 10.1. The largest absolute Gasteiger partial charge is 0.388 e. The van der Waals surface area contributed by atoms with Gasteiger partial charge in [-0.1, -0.05) is 30.3 Å². The average molecular weight is 283 g/mol. The number of rotatable bonds is 4. The van der Waals surface area contributed by atoms with Crippen LogP contribution in [0.2, 0.25) is 0 Å². The van der Waals surface area contributed by atoms with Gasteiger partial charge in [-0.2, -0.15) is 0 Å². The number of hydrogen-bond donors (Lipinski definition) is 1. The third-order valence-corrected chi connectivity index (χ3v) is 3.78. The zero-order valence-corrected chi connectivity index (χ0v) is 11.5. The van der Waals surface area contributed by atoms with Crippen molar-refractivity contribution in [2.75, 3.05) is 0 Å². The van der Waals surface area contributed by atoms with E-state index in [1.807, 2.05) is 35.7 Å². The minimum Gasteiger partial charge on any atom is -0.388 e. The second kappa shape index (κ2) is 5.90. The topological polar surface area (TPSA) is 58.9 Å². The predicted octanol–water partition coefficient (Wildman–Crippen LogP) is 2.88. The first kappa shape index (κ1) is 12.9. The monoisotopic (exact) mass is 283 g/mol. The number of thiazole rings is 1. The van der Waals surface area contributed by atoms with E-state index in [4.69, 9.17) is 0 Å². The molecule has 0 aliphatic heterocycles. The molecule has 0 spiro atoms. The van der Waals surface area contributed by atoms with Crippen molar-refractivity contribution >= 4 is 11.3 Å². The van der Waals surface area contributed by atoms with E-state index >= 15 is 0 Å². The fourth-order valence-corrected chi connectivity index (χ4v) is 2.68. The van der Waals surface area contributed by atoms with Crippen LogP contribution in [-0.4, -0.2) is 20.1 Å². The van der Waals surface area contributed by atoms with Crippen molar-refractivity contribution in [2.45, 2.75) is 12.5 Å². The molecule has 100 valence electrons. The quantitative estimate of drug-likeness (QED) is 0.800. The first-order valence-corrected chi connectivity index (χ1v) is 7.16. The third-order valence-electron chi connectivity index (χ3n) is 2.90. The second-order valence-electron chi connectivity index (χ2n) is 4.35. The Morgan fingerprint density at radius 1 is 1.05 bits per heavy atom. The summed E-state index contributed by atoms with van der Waals surface area (Å²) in [7, 11) is 0. The molecule has 3 rings (SSSR count). The first-order valence-electron chi connectivity index (χ1n) is 6.28. The maximum Gasteiger partial charge on any atom is 0.188 e. The molecule has 0 fully saturated rings. The van der Waals surface area contributed by atoms with Crippen molar-refractivity contribution in [1.82, 2.24) is 15.0 Å². The van der Waals surface area contributed by atoms with Crippen LogP contribution in [0.1, 0.15) is 17.4 Å². The van der Waals surface area contributed by atoms with Crippen LogP contribution in [0.15, 0.2) is 54.2 Å². The van der Waals surface area contributed by atoms with Gasteiger partial charge >= 0.3 is 0 Å². The maximum absolute atomic E-state index is 10.2. The third kappa shape index (κ3) is 2.89. The Balaban J connectivity index is 1.75. The minimum absolute atomic E-state index is 0.493. The standard InChI is InChI=1S/C15H13N3OS/c19-13(11-5-2-1-3-6-11)9-12-10-20-15(18-12)14-16-7-4-8-17-14/h1-8,10,13,19H,9H2. The van der Waals surface area contributed by atoms with Crippen LogP contribution in [-0.2, 0) is 6.42 Å². The van der Waals surface area contributed by atoms with Gasteiger partial charge in [0.05, 0.1) is 11.8 Å². The Bertz CT molecular complexity index is 670. The van der Waals surface area contributed by atoms with Crippen molar-refractivity contribution in [3.05, 3.63) is 65.4 Å². The fraction of sp³-hybridized carbons (Fsp3) is 0.133. The molecule has 1 atom stereocenters. The molecule has 20 heavy (non-hydrogen) atoms. The summed E-state index contributed by atoms with van der Waals surface area (Å²) in [6, 6.07) is 11.4. The van der Waals surface area contributed by atoms with Crippen LogP contribution in [0.25, 0.3) is 10.8 Å². The van der Waals surface area contributed by atoms with Crippen LogP contribution in [0, 0.1) is 0 Å². The van der Waals surface area contributed by atoms with Crippen molar-refractivity contribution in [3.63, 3.8) is 0 Å².